The number of carbonyl (C=O) groups is 1. The second-order valence-electron chi connectivity index (χ2n) is 6.26. The molecule has 10 heteroatoms. The highest BCUT2D eigenvalue weighted by atomic mass is 35.5. The van der Waals surface area contributed by atoms with Crippen molar-refractivity contribution in [3.8, 4) is 0 Å². The third-order valence-electron chi connectivity index (χ3n) is 4.39. The van der Waals surface area contributed by atoms with Crippen LogP contribution >= 0.6 is 44.8 Å². The van der Waals surface area contributed by atoms with Crippen LogP contribution in [0.15, 0.2) is 32.9 Å². The number of aliphatic imine (C=N–C) groups is 1. The zero-order valence-corrected chi connectivity index (χ0v) is 18.6. The van der Waals surface area contributed by atoms with Gasteiger partial charge in [-0.1, -0.05) is 40.3 Å². The number of aromatic nitrogens is 1. The molecule has 0 fully saturated rings. The van der Waals surface area contributed by atoms with Crippen LogP contribution in [0.4, 0.5) is 5.69 Å². The molecule has 1 aromatic carbocycles. The number of thiazole rings is 1. The Bertz CT molecular complexity index is 888. The first kappa shape index (κ1) is 20.6. The SMILES string of the molecule is CCS1(NC(C)N(C)C)C(NC(=O)c2cscn2)=Nc2cc(Cl)c(Cl)cc21. The zero-order valence-electron chi connectivity index (χ0n) is 15.4. The van der Waals surface area contributed by atoms with Gasteiger partial charge >= 0.3 is 0 Å². The van der Waals surface area contributed by atoms with E-state index in [4.69, 9.17) is 28.2 Å². The van der Waals surface area contributed by atoms with Gasteiger partial charge in [0, 0.05) is 10.3 Å². The van der Waals surface area contributed by atoms with Crippen molar-refractivity contribution in [1.29, 1.82) is 0 Å². The third-order valence-corrected chi connectivity index (χ3v) is 9.24. The summed E-state index contributed by atoms with van der Waals surface area (Å²) in [4.78, 5) is 24.5. The average molecular weight is 446 g/mol. The molecule has 1 aromatic heterocycles. The van der Waals surface area contributed by atoms with Crippen molar-refractivity contribution in [2.75, 3.05) is 19.8 Å². The van der Waals surface area contributed by atoms with E-state index in [9.17, 15) is 4.79 Å². The maximum Gasteiger partial charge on any atom is 0.276 e. The Hall–Kier alpha value is -1.16. The quantitative estimate of drug-likeness (QED) is 0.665. The molecule has 2 N–H and O–H groups in total. The number of rotatable bonds is 5. The van der Waals surface area contributed by atoms with Crippen LogP contribution in [0.1, 0.15) is 24.3 Å². The number of amidine groups is 1. The maximum absolute atomic E-state index is 12.6. The van der Waals surface area contributed by atoms with E-state index in [-0.39, 0.29) is 12.1 Å². The fourth-order valence-corrected chi connectivity index (χ4v) is 6.88. The number of carbonyl (C=O) groups excluding carboxylic acids is 1. The molecular formula is C17H21Cl2N5OS2. The van der Waals surface area contributed by atoms with Gasteiger partial charge in [-0.2, -0.15) is 0 Å². The molecule has 27 heavy (non-hydrogen) atoms. The molecule has 2 unspecified atom stereocenters. The van der Waals surface area contributed by atoms with Gasteiger partial charge in [0.25, 0.3) is 5.91 Å². The summed E-state index contributed by atoms with van der Waals surface area (Å²) in [5.74, 6) is 0.469. The zero-order chi connectivity index (χ0) is 19.8. The van der Waals surface area contributed by atoms with Crippen molar-refractivity contribution in [3.63, 3.8) is 0 Å². The highest BCUT2D eigenvalue weighted by Crippen LogP contribution is 2.62. The summed E-state index contributed by atoms with van der Waals surface area (Å²) in [5.41, 5.74) is 2.74. The monoisotopic (exact) mass is 445 g/mol. The molecule has 1 aliphatic rings. The molecule has 1 aliphatic heterocycles. The van der Waals surface area contributed by atoms with Crippen molar-refractivity contribution < 1.29 is 4.79 Å². The largest absolute Gasteiger partial charge is 0.300 e. The van der Waals surface area contributed by atoms with Gasteiger partial charge in [0.15, 0.2) is 5.17 Å². The van der Waals surface area contributed by atoms with E-state index in [0.29, 0.717) is 20.9 Å². The maximum atomic E-state index is 12.6. The van der Waals surface area contributed by atoms with Gasteiger partial charge in [-0.25, -0.2) is 9.98 Å². The van der Waals surface area contributed by atoms with Gasteiger partial charge in [-0.05, 0) is 38.9 Å². The lowest BCUT2D eigenvalue weighted by Gasteiger charge is -2.41. The summed E-state index contributed by atoms with van der Waals surface area (Å²) in [6.45, 7) is 4.15. The normalized spacial score (nSPS) is 22.1. The number of halogens is 2. The van der Waals surface area contributed by atoms with Crippen LogP contribution in [0.3, 0.4) is 0 Å². The number of nitrogens with one attached hydrogen (secondary N) is 2. The van der Waals surface area contributed by atoms with E-state index in [2.05, 4.69) is 33.8 Å². The standard InChI is InChI=1S/C17H21Cl2N5OS2/c1-5-27(23-10(2)24(3)4)15-7-12(19)11(18)6-13(15)21-17(27)22-16(25)14-8-26-9-20-14/h6-10,23H,5H2,1-4H3,(H,21,22,25). The van der Waals surface area contributed by atoms with Gasteiger partial charge in [-0.3, -0.25) is 19.7 Å². The van der Waals surface area contributed by atoms with E-state index in [1.807, 2.05) is 20.2 Å². The molecule has 1 amide bonds. The summed E-state index contributed by atoms with van der Waals surface area (Å²) in [5, 5.41) is 6.21. The Morgan fingerprint density at radius 1 is 1.33 bits per heavy atom. The number of benzene rings is 1. The lowest BCUT2D eigenvalue weighted by molar-refractivity contribution is 0.0973. The smallest absolute Gasteiger partial charge is 0.276 e. The minimum atomic E-state index is -1.81. The molecule has 0 radical (unpaired) electrons. The first-order chi connectivity index (χ1) is 12.8. The van der Waals surface area contributed by atoms with E-state index in [1.54, 1.807) is 17.0 Å². The molecule has 2 aromatic rings. The van der Waals surface area contributed by atoms with Crippen LogP contribution in [-0.4, -0.2) is 47.0 Å². The molecule has 2 atom stereocenters. The molecule has 146 valence electrons. The fourth-order valence-electron chi connectivity index (χ4n) is 2.67. The lowest BCUT2D eigenvalue weighted by Crippen LogP contribution is -2.46. The summed E-state index contributed by atoms with van der Waals surface area (Å²) in [6, 6.07) is 3.61. The van der Waals surface area contributed by atoms with Crippen LogP contribution in [0.25, 0.3) is 0 Å². The van der Waals surface area contributed by atoms with Crippen LogP contribution in [0.5, 0.6) is 0 Å². The highest BCUT2D eigenvalue weighted by Gasteiger charge is 2.40. The van der Waals surface area contributed by atoms with Crippen LogP contribution in [0, 0.1) is 0 Å². The van der Waals surface area contributed by atoms with Crippen molar-refractivity contribution in [1.82, 2.24) is 19.9 Å². The number of hydrogen-bond donors (Lipinski definition) is 2. The lowest BCUT2D eigenvalue weighted by atomic mass is 10.3. The van der Waals surface area contributed by atoms with Gasteiger partial charge in [0.2, 0.25) is 0 Å². The molecule has 6 nitrogen and oxygen atoms in total. The predicted octanol–water partition coefficient (Wildman–Crippen LogP) is 4.48. The molecule has 2 heterocycles. The first-order valence-corrected chi connectivity index (χ1v) is 11.8. The Labute approximate surface area is 174 Å². The molecule has 3 rings (SSSR count). The number of fused-ring (bicyclic) bond motifs is 1. The average Bonchev–Trinajstić information content (AvgIpc) is 3.24. The van der Waals surface area contributed by atoms with Gasteiger partial charge in [-0.15, -0.1) is 11.3 Å². The van der Waals surface area contributed by atoms with Crippen molar-refractivity contribution >= 4 is 61.5 Å². The Kier molecular flexibility index (Phi) is 6.14. The molecule has 0 saturated heterocycles. The third kappa shape index (κ3) is 3.87. The summed E-state index contributed by atoms with van der Waals surface area (Å²) in [7, 11) is 2.18. The highest BCUT2D eigenvalue weighted by molar-refractivity contribution is 8.44. The predicted molar refractivity (Wildman–Crippen MR) is 116 cm³/mol. The van der Waals surface area contributed by atoms with E-state index in [1.165, 1.54) is 11.3 Å². The van der Waals surface area contributed by atoms with Crippen LogP contribution in [0.2, 0.25) is 10.0 Å². The second-order valence-corrected chi connectivity index (χ2v) is 10.9. The van der Waals surface area contributed by atoms with Crippen LogP contribution < -0.4 is 10.0 Å². The Morgan fingerprint density at radius 2 is 2.04 bits per heavy atom. The number of nitrogens with zero attached hydrogens (tertiary/aromatic N) is 3. The number of amides is 1. The molecule has 0 saturated carbocycles. The summed E-state index contributed by atoms with van der Waals surface area (Å²) < 4.78 is 3.69. The first-order valence-electron chi connectivity index (χ1n) is 8.30. The van der Waals surface area contributed by atoms with Crippen molar-refractivity contribution in [3.05, 3.63) is 38.8 Å². The van der Waals surface area contributed by atoms with Gasteiger partial charge in [0.1, 0.15) is 5.69 Å². The fraction of sp³-hybridized carbons (Fsp3) is 0.353. The van der Waals surface area contributed by atoms with E-state index in [0.717, 1.165) is 16.3 Å². The van der Waals surface area contributed by atoms with Crippen molar-refractivity contribution in [2.45, 2.75) is 24.9 Å². The molecule has 0 aliphatic carbocycles. The summed E-state index contributed by atoms with van der Waals surface area (Å²) in [6.07, 6.45) is 0.0572. The van der Waals surface area contributed by atoms with Crippen LogP contribution in [-0.2, 0) is 0 Å². The Morgan fingerprint density at radius 3 is 2.63 bits per heavy atom. The van der Waals surface area contributed by atoms with Gasteiger partial charge in [0.05, 0.1) is 27.4 Å². The molecule has 0 spiro atoms. The molecular weight excluding hydrogens is 425 g/mol. The minimum Gasteiger partial charge on any atom is -0.300 e. The van der Waals surface area contributed by atoms with E-state index >= 15 is 0 Å². The van der Waals surface area contributed by atoms with Gasteiger partial charge < -0.3 is 0 Å². The van der Waals surface area contributed by atoms with E-state index < -0.39 is 10.2 Å². The molecule has 0 bridgehead atoms. The Balaban J connectivity index is 2.06. The topological polar surface area (TPSA) is 69.6 Å². The number of hydrogen-bond acceptors (Lipinski definition) is 6. The van der Waals surface area contributed by atoms with Crippen molar-refractivity contribution in [2.24, 2.45) is 4.99 Å². The second kappa shape index (κ2) is 8.06. The summed E-state index contributed by atoms with van der Waals surface area (Å²) >= 11 is 13.9. The minimum absolute atomic E-state index is 0.0572.